The first-order valence-corrected chi connectivity index (χ1v) is 14.5. The molecule has 0 unspecified atom stereocenters. The van der Waals surface area contributed by atoms with E-state index in [2.05, 4.69) is 132 Å². The van der Waals surface area contributed by atoms with Crippen LogP contribution in [0.4, 0.5) is 17.1 Å². The molecule has 9 aromatic rings. The summed E-state index contributed by atoms with van der Waals surface area (Å²) in [5, 5.41) is 6.73. The zero-order chi connectivity index (χ0) is 28.3. The van der Waals surface area contributed by atoms with Gasteiger partial charge in [0, 0.05) is 38.5 Å². The summed E-state index contributed by atoms with van der Waals surface area (Å²) in [4.78, 5) is 2.32. The molecule has 0 saturated carbocycles. The molecule has 7 aromatic carbocycles. The van der Waals surface area contributed by atoms with Crippen LogP contribution in [0.25, 0.3) is 65.8 Å². The van der Waals surface area contributed by atoms with Crippen LogP contribution in [0, 0.1) is 0 Å². The second kappa shape index (κ2) is 9.37. The monoisotopic (exact) mass is 551 g/mol. The summed E-state index contributed by atoms with van der Waals surface area (Å²) in [6.45, 7) is 0. The lowest BCUT2D eigenvalue weighted by Gasteiger charge is -2.28. The molecule has 0 aliphatic heterocycles. The third kappa shape index (κ3) is 3.68. The van der Waals surface area contributed by atoms with Crippen molar-refractivity contribution < 1.29 is 8.83 Å². The Hall–Kier alpha value is -5.80. The van der Waals surface area contributed by atoms with Crippen LogP contribution in [-0.2, 0) is 0 Å². The molecule has 0 atom stereocenters. The van der Waals surface area contributed by atoms with Gasteiger partial charge in [0.05, 0.1) is 5.69 Å². The van der Waals surface area contributed by atoms with Crippen molar-refractivity contribution in [2.45, 2.75) is 0 Å². The largest absolute Gasteiger partial charge is 0.456 e. The first-order valence-electron chi connectivity index (χ1n) is 14.5. The number of hydrogen-bond acceptors (Lipinski definition) is 3. The van der Waals surface area contributed by atoms with Crippen molar-refractivity contribution in [2.24, 2.45) is 0 Å². The maximum absolute atomic E-state index is 6.87. The molecule has 43 heavy (non-hydrogen) atoms. The maximum Gasteiger partial charge on any atom is 0.145 e. The molecule has 202 valence electrons. The van der Waals surface area contributed by atoms with Crippen LogP contribution in [-0.4, -0.2) is 0 Å². The van der Waals surface area contributed by atoms with Crippen LogP contribution in [0.1, 0.15) is 0 Å². The molecule has 9 rings (SSSR count). The van der Waals surface area contributed by atoms with Gasteiger partial charge < -0.3 is 13.7 Å². The van der Waals surface area contributed by atoms with E-state index in [0.29, 0.717) is 0 Å². The lowest BCUT2D eigenvalue weighted by Crippen LogP contribution is -2.11. The number of rotatable bonds is 4. The predicted molar refractivity (Wildman–Crippen MR) is 179 cm³/mol. The fourth-order valence-electron chi connectivity index (χ4n) is 6.53. The van der Waals surface area contributed by atoms with Crippen LogP contribution in [0.3, 0.4) is 0 Å². The second-order valence-electron chi connectivity index (χ2n) is 10.9. The minimum Gasteiger partial charge on any atom is -0.456 e. The predicted octanol–water partition coefficient (Wildman–Crippen LogP) is 11.8. The standard InChI is InChI=1S/C40H25NO2/c1-3-13-29(14-4-1)41(30-15-5-2-6-16-30)33-22-21-32-39-36(24-23-35-38(39)31-17-9-10-18-34(31)42-35)43-40(32)37(33)28-20-19-26-11-7-8-12-27(26)25-28/h1-25H. The van der Waals surface area contributed by atoms with E-state index in [9.17, 15) is 0 Å². The Morgan fingerprint density at radius 3 is 1.81 bits per heavy atom. The van der Waals surface area contributed by atoms with Crippen LogP contribution in [0.5, 0.6) is 0 Å². The minimum absolute atomic E-state index is 0.846. The Balaban J connectivity index is 1.43. The normalized spacial score (nSPS) is 11.7. The zero-order valence-corrected chi connectivity index (χ0v) is 23.2. The van der Waals surface area contributed by atoms with Crippen molar-refractivity contribution in [1.29, 1.82) is 0 Å². The zero-order valence-electron chi connectivity index (χ0n) is 23.2. The molecule has 0 saturated heterocycles. The van der Waals surface area contributed by atoms with Crippen LogP contribution >= 0.6 is 0 Å². The SMILES string of the molecule is c1ccc(N(c2ccccc2)c2ccc3c(oc4ccc5oc6ccccc6c5c43)c2-c2ccc3ccccc3c2)cc1. The van der Waals surface area contributed by atoms with Crippen molar-refractivity contribution in [3.8, 4) is 11.1 Å². The van der Waals surface area contributed by atoms with Crippen molar-refractivity contribution in [3.63, 3.8) is 0 Å². The molecule has 0 fully saturated rings. The molecule has 0 N–H and O–H groups in total. The number of benzene rings is 7. The average Bonchev–Trinajstić information content (AvgIpc) is 3.64. The average molecular weight is 552 g/mol. The highest BCUT2D eigenvalue weighted by Crippen LogP contribution is 2.48. The van der Waals surface area contributed by atoms with Gasteiger partial charge in [0.15, 0.2) is 0 Å². The number of para-hydroxylation sites is 3. The molecule has 0 bridgehead atoms. The molecule has 0 radical (unpaired) electrons. The molecule has 2 aromatic heterocycles. The van der Waals surface area contributed by atoms with Gasteiger partial charge in [-0.15, -0.1) is 0 Å². The first kappa shape index (κ1) is 23.9. The van der Waals surface area contributed by atoms with Crippen LogP contribution in [0.2, 0.25) is 0 Å². The van der Waals surface area contributed by atoms with E-state index in [-0.39, 0.29) is 0 Å². The van der Waals surface area contributed by atoms with Crippen molar-refractivity contribution in [1.82, 2.24) is 0 Å². The van der Waals surface area contributed by atoms with E-state index in [0.717, 1.165) is 72.1 Å². The highest BCUT2D eigenvalue weighted by molar-refractivity contribution is 6.27. The lowest BCUT2D eigenvalue weighted by atomic mass is 9.95. The van der Waals surface area contributed by atoms with E-state index >= 15 is 0 Å². The number of fused-ring (bicyclic) bond motifs is 8. The summed E-state index contributed by atoms with van der Waals surface area (Å²) >= 11 is 0. The summed E-state index contributed by atoms with van der Waals surface area (Å²) in [5.74, 6) is 0. The third-order valence-corrected chi connectivity index (χ3v) is 8.43. The second-order valence-corrected chi connectivity index (χ2v) is 10.9. The number of anilines is 3. The van der Waals surface area contributed by atoms with E-state index in [1.165, 1.54) is 10.8 Å². The van der Waals surface area contributed by atoms with Crippen LogP contribution < -0.4 is 4.90 Å². The van der Waals surface area contributed by atoms with Crippen molar-refractivity contribution in [2.75, 3.05) is 4.90 Å². The fraction of sp³-hybridized carbons (Fsp3) is 0. The Morgan fingerprint density at radius 2 is 1.05 bits per heavy atom. The molecule has 0 amide bonds. The summed E-state index contributed by atoms with van der Waals surface area (Å²) in [6.07, 6.45) is 0. The molecule has 0 aliphatic rings. The van der Waals surface area contributed by atoms with Gasteiger partial charge in [0.1, 0.15) is 22.3 Å². The number of hydrogen-bond donors (Lipinski definition) is 0. The highest BCUT2D eigenvalue weighted by Gasteiger charge is 2.24. The highest BCUT2D eigenvalue weighted by atomic mass is 16.3. The summed E-state index contributed by atoms with van der Waals surface area (Å²) < 4.78 is 13.1. The number of nitrogens with zero attached hydrogens (tertiary/aromatic N) is 1. The summed E-state index contributed by atoms with van der Waals surface area (Å²) in [7, 11) is 0. The van der Waals surface area contributed by atoms with E-state index in [4.69, 9.17) is 8.83 Å². The lowest BCUT2D eigenvalue weighted by molar-refractivity contribution is 0.663. The molecule has 3 nitrogen and oxygen atoms in total. The summed E-state index contributed by atoms with van der Waals surface area (Å²) in [5.41, 5.74) is 8.80. The van der Waals surface area contributed by atoms with Gasteiger partial charge in [-0.05, 0) is 77.0 Å². The Bertz CT molecular complexity index is 2410. The molecular formula is C40H25NO2. The maximum atomic E-state index is 6.87. The van der Waals surface area contributed by atoms with Gasteiger partial charge in [-0.2, -0.15) is 0 Å². The van der Waals surface area contributed by atoms with Crippen LogP contribution in [0.15, 0.2) is 160 Å². The smallest absolute Gasteiger partial charge is 0.145 e. The molecular weight excluding hydrogens is 526 g/mol. The Morgan fingerprint density at radius 1 is 0.419 bits per heavy atom. The van der Waals surface area contributed by atoms with Gasteiger partial charge in [0.25, 0.3) is 0 Å². The number of furan rings is 2. The van der Waals surface area contributed by atoms with Crippen molar-refractivity contribution in [3.05, 3.63) is 152 Å². The van der Waals surface area contributed by atoms with Gasteiger partial charge in [-0.3, -0.25) is 0 Å². The molecule has 2 heterocycles. The topological polar surface area (TPSA) is 29.5 Å². The fourth-order valence-corrected chi connectivity index (χ4v) is 6.53. The first-order chi connectivity index (χ1) is 21.3. The van der Waals surface area contributed by atoms with Gasteiger partial charge in [-0.1, -0.05) is 91.0 Å². The van der Waals surface area contributed by atoms with E-state index in [1.54, 1.807) is 0 Å². The Kier molecular flexibility index (Phi) is 5.20. The van der Waals surface area contributed by atoms with E-state index < -0.39 is 0 Å². The van der Waals surface area contributed by atoms with E-state index in [1.807, 2.05) is 24.3 Å². The Labute approximate surface area is 247 Å². The summed E-state index contributed by atoms with van der Waals surface area (Å²) in [6, 6.07) is 53.0. The third-order valence-electron chi connectivity index (χ3n) is 8.43. The van der Waals surface area contributed by atoms with Gasteiger partial charge >= 0.3 is 0 Å². The molecule has 3 heteroatoms. The minimum atomic E-state index is 0.846. The molecule has 0 spiro atoms. The van der Waals surface area contributed by atoms with Gasteiger partial charge in [0.2, 0.25) is 0 Å². The quantitative estimate of drug-likeness (QED) is 0.218. The molecule has 0 aliphatic carbocycles. The van der Waals surface area contributed by atoms with Gasteiger partial charge in [-0.25, -0.2) is 0 Å². The van der Waals surface area contributed by atoms with Crippen molar-refractivity contribution >= 4 is 71.7 Å².